The molecular formula is C23H23ClN2O4S. The van der Waals surface area contributed by atoms with Crippen molar-refractivity contribution in [1.82, 2.24) is 5.32 Å². The molecule has 0 bridgehead atoms. The molecule has 3 aromatic rings. The molecule has 0 spiro atoms. The van der Waals surface area contributed by atoms with E-state index >= 15 is 0 Å². The molecule has 0 saturated carbocycles. The van der Waals surface area contributed by atoms with Crippen LogP contribution in [0.2, 0.25) is 5.02 Å². The normalized spacial score (nSPS) is 12.5. The summed E-state index contributed by atoms with van der Waals surface area (Å²) in [6, 6.07) is 19.3. The minimum atomic E-state index is -3.68. The predicted molar refractivity (Wildman–Crippen MR) is 120 cm³/mol. The molecule has 0 aliphatic rings. The molecule has 31 heavy (non-hydrogen) atoms. The molecule has 4 N–H and O–H groups in total. The van der Waals surface area contributed by atoms with Crippen molar-refractivity contribution in [3.05, 3.63) is 94.5 Å². The summed E-state index contributed by atoms with van der Waals surface area (Å²) in [7, 11) is -3.68. The largest absolute Gasteiger partial charge is 0.387 e. The van der Waals surface area contributed by atoms with E-state index in [2.05, 4.69) is 5.32 Å². The molecule has 0 heterocycles. The van der Waals surface area contributed by atoms with Gasteiger partial charge in [-0.25, -0.2) is 8.42 Å². The molecule has 0 aliphatic heterocycles. The van der Waals surface area contributed by atoms with E-state index in [-0.39, 0.29) is 15.4 Å². The summed E-state index contributed by atoms with van der Waals surface area (Å²) in [6.07, 6.45) is 0.0165. The third-order valence-electron chi connectivity index (χ3n) is 4.84. The van der Waals surface area contributed by atoms with Gasteiger partial charge in [-0.15, -0.1) is 0 Å². The van der Waals surface area contributed by atoms with Crippen LogP contribution in [0.3, 0.4) is 0 Å². The van der Waals surface area contributed by atoms with E-state index in [1.807, 2.05) is 6.07 Å². The minimum absolute atomic E-state index is 0.0990. The molecule has 1 atom stereocenters. The second kappa shape index (κ2) is 10.1. The molecule has 0 saturated heterocycles. The molecule has 0 radical (unpaired) electrons. The fourth-order valence-electron chi connectivity index (χ4n) is 3.07. The number of aliphatic hydroxyl groups is 1. The van der Waals surface area contributed by atoms with E-state index in [0.717, 1.165) is 11.1 Å². The highest BCUT2D eigenvalue weighted by Gasteiger charge is 2.18. The van der Waals surface area contributed by atoms with Crippen molar-refractivity contribution in [1.29, 1.82) is 0 Å². The van der Waals surface area contributed by atoms with Crippen molar-refractivity contribution in [2.75, 3.05) is 13.1 Å². The summed E-state index contributed by atoms with van der Waals surface area (Å²) in [5.74, 6) is -0.609. The van der Waals surface area contributed by atoms with Crippen LogP contribution < -0.4 is 11.1 Å². The second-order valence-electron chi connectivity index (χ2n) is 7.06. The van der Waals surface area contributed by atoms with Crippen molar-refractivity contribution < 1.29 is 18.3 Å². The second-order valence-corrected chi connectivity index (χ2v) is 9.45. The summed E-state index contributed by atoms with van der Waals surface area (Å²) < 4.78 is 25.5. The standard InChI is InChI=1S/C23H23ClN2O4S/c24-19-3-1-2-18(14-19)22(27)15-26-13-12-16-4-8-20(9-5-16)31(29,30)21-10-6-17(7-11-21)23(25)28/h1-11,14,22,26-27H,12-13,15H2,(H2,25,28)/t22-/m1/s1. The SMILES string of the molecule is NC(=O)c1ccc(S(=O)(=O)c2ccc(CCNC[C@@H](O)c3cccc(Cl)c3)cc2)cc1. The van der Waals surface area contributed by atoms with Crippen molar-refractivity contribution in [3.8, 4) is 0 Å². The number of hydrogen-bond donors (Lipinski definition) is 3. The minimum Gasteiger partial charge on any atom is -0.387 e. The number of amides is 1. The van der Waals surface area contributed by atoms with E-state index in [1.165, 1.54) is 24.3 Å². The number of nitrogens with two attached hydrogens (primary N) is 1. The van der Waals surface area contributed by atoms with Gasteiger partial charge < -0.3 is 16.2 Å². The average Bonchev–Trinajstić information content (AvgIpc) is 2.77. The highest BCUT2D eigenvalue weighted by atomic mass is 35.5. The third kappa shape index (κ3) is 5.92. The maximum absolute atomic E-state index is 12.8. The quantitative estimate of drug-likeness (QED) is 0.427. The first kappa shape index (κ1) is 23.0. The number of carbonyl (C=O) groups is 1. The Morgan fingerprint density at radius 3 is 2.19 bits per heavy atom. The van der Waals surface area contributed by atoms with Gasteiger partial charge in [-0.3, -0.25) is 4.79 Å². The zero-order valence-corrected chi connectivity index (χ0v) is 18.2. The Labute approximate surface area is 186 Å². The molecule has 0 aromatic heterocycles. The van der Waals surface area contributed by atoms with Crippen molar-refractivity contribution in [2.24, 2.45) is 5.73 Å². The van der Waals surface area contributed by atoms with Crippen LogP contribution in [0.15, 0.2) is 82.6 Å². The van der Waals surface area contributed by atoms with Gasteiger partial charge in [0.25, 0.3) is 0 Å². The first-order valence-corrected chi connectivity index (χ1v) is 11.5. The summed E-state index contributed by atoms with van der Waals surface area (Å²) in [5, 5.41) is 14.0. The van der Waals surface area contributed by atoms with Gasteiger partial charge in [-0.1, -0.05) is 35.9 Å². The van der Waals surface area contributed by atoms with Gasteiger partial charge in [0.05, 0.1) is 15.9 Å². The lowest BCUT2D eigenvalue weighted by atomic mass is 10.1. The first-order chi connectivity index (χ1) is 14.8. The van der Waals surface area contributed by atoms with Crippen LogP contribution in [0.5, 0.6) is 0 Å². The van der Waals surface area contributed by atoms with Gasteiger partial charge in [0.15, 0.2) is 0 Å². The van der Waals surface area contributed by atoms with Gasteiger partial charge in [-0.2, -0.15) is 0 Å². The Morgan fingerprint density at radius 2 is 1.61 bits per heavy atom. The van der Waals surface area contributed by atoms with Crippen LogP contribution in [0.4, 0.5) is 0 Å². The third-order valence-corrected chi connectivity index (χ3v) is 6.87. The Balaban J connectivity index is 1.55. The lowest BCUT2D eigenvalue weighted by Crippen LogP contribution is -2.23. The van der Waals surface area contributed by atoms with Crippen LogP contribution in [0, 0.1) is 0 Å². The zero-order chi connectivity index (χ0) is 22.4. The molecule has 6 nitrogen and oxygen atoms in total. The molecule has 0 fully saturated rings. The fourth-order valence-corrected chi connectivity index (χ4v) is 4.53. The van der Waals surface area contributed by atoms with Crippen LogP contribution in [-0.2, 0) is 16.3 Å². The smallest absolute Gasteiger partial charge is 0.248 e. The number of hydrogen-bond acceptors (Lipinski definition) is 5. The molecule has 0 aliphatic carbocycles. The molecule has 1 amide bonds. The number of primary amides is 1. The van der Waals surface area contributed by atoms with Gasteiger partial charge in [0, 0.05) is 17.1 Å². The number of nitrogens with one attached hydrogen (secondary N) is 1. The number of aliphatic hydroxyl groups excluding tert-OH is 1. The molecule has 3 rings (SSSR count). The maximum atomic E-state index is 12.8. The summed E-state index contributed by atoms with van der Waals surface area (Å²) in [6.45, 7) is 1.01. The van der Waals surface area contributed by atoms with Crippen LogP contribution in [-0.4, -0.2) is 32.5 Å². The Kier molecular flexibility index (Phi) is 7.46. The number of rotatable bonds is 9. The number of halogens is 1. The van der Waals surface area contributed by atoms with Crippen molar-refractivity contribution >= 4 is 27.3 Å². The molecule has 162 valence electrons. The summed E-state index contributed by atoms with van der Waals surface area (Å²) >= 11 is 5.94. The molecular weight excluding hydrogens is 436 g/mol. The van der Waals surface area contributed by atoms with Crippen LogP contribution in [0.25, 0.3) is 0 Å². The van der Waals surface area contributed by atoms with Gasteiger partial charge in [0.1, 0.15) is 0 Å². The zero-order valence-electron chi connectivity index (χ0n) is 16.7. The summed E-state index contributed by atoms with van der Waals surface area (Å²) in [4.78, 5) is 11.4. The molecule has 3 aromatic carbocycles. The molecule has 8 heteroatoms. The Morgan fingerprint density at radius 1 is 1.00 bits per heavy atom. The number of carbonyl (C=O) groups excluding carboxylic acids is 1. The predicted octanol–water partition coefficient (Wildman–Crippen LogP) is 3.14. The van der Waals surface area contributed by atoms with Gasteiger partial charge >= 0.3 is 0 Å². The van der Waals surface area contributed by atoms with Crippen LogP contribution >= 0.6 is 11.6 Å². The maximum Gasteiger partial charge on any atom is 0.248 e. The van der Waals surface area contributed by atoms with E-state index in [4.69, 9.17) is 17.3 Å². The topological polar surface area (TPSA) is 109 Å². The van der Waals surface area contributed by atoms with Crippen molar-refractivity contribution in [3.63, 3.8) is 0 Å². The van der Waals surface area contributed by atoms with Crippen molar-refractivity contribution in [2.45, 2.75) is 22.3 Å². The van der Waals surface area contributed by atoms with Crippen LogP contribution in [0.1, 0.15) is 27.6 Å². The van der Waals surface area contributed by atoms with Gasteiger partial charge in [-0.05, 0) is 72.6 Å². The number of sulfone groups is 1. The highest BCUT2D eigenvalue weighted by molar-refractivity contribution is 7.91. The van der Waals surface area contributed by atoms with E-state index in [9.17, 15) is 18.3 Å². The summed E-state index contributed by atoms with van der Waals surface area (Å²) in [5.41, 5.74) is 7.16. The average molecular weight is 459 g/mol. The fraction of sp³-hybridized carbons (Fsp3) is 0.174. The first-order valence-electron chi connectivity index (χ1n) is 9.65. The lowest BCUT2D eigenvalue weighted by Gasteiger charge is -2.12. The van der Waals surface area contributed by atoms with E-state index in [0.29, 0.717) is 24.5 Å². The van der Waals surface area contributed by atoms with E-state index < -0.39 is 21.8 Å². The molecule has 0 unspecified atom stereocenters. The lowest BCUT2D eigenvalue weighted by molar-refractivity contribution is 0.1000. The Hall–Kier alpha value is -2.71. The monoisotopic (exact) mass is 458 g/mol. The number of benzene rings is 3. The van der Waals surface area contributed by atoms with Gasteiger partial charge in [0.2, 0.25) is 15.7 Å². The highest BCUT2D eigenvalue weighted by Crippen LogP contribution is 2.22. The Bertz CT molecular complexity index is 1150. The van der Waals surface area contributed by atoms with E-state index in [1.54, 1.807) is 42.5 Å².